The Bertz CT molecular complexity index is 377. The van der Waals surface area contributed by atoms with Crippen molar-refractivity contribution in [3.63, 3.8) is 0 Å². The van der Waals surface area contributed by atoms with Crippen LogP contribution in [0.1, 0.15) is 30.8 Å². The number of rotatable bonds is 5. The minimum absolute atomic E-state index is 0.0252. The topological polar surface area (TPSA) is 45.2 Å². The maximum absolute atomic E-state index is 12.1. The van der Waals surface area contributed by atoms with Gasteiger partial charge in [-0.05, 0) is 24.5 Å². The summed E-state index contributed by atoms with van der Waals surface area (Å²) in [5.74, 6) is 0.574. The molecule has 0 aliphatic rings. The lowest BCUT2D eigenvalue weighted by Crippen LogP contribution is -2.29. The quantitative estimate of drug-likeness (QED) is 0.851. The van der Waals surface area contributed by atoms with Gasteiger partial charge in [-0.15, -0.1) is 0 Å². The fraction of sp³-hybridized carbons (Fsp3) is 0.538. The van der Waals surface area contributed by atoms with Gasteiger partial charge in [-0.2, -0.15) is 0 Å². The zero-order chi connectivity index (χ0) is 12.8. The summed E-state index contributed by atoms with van der Waals surface area (Å²) in [4.78, 5) is 17.9. The van der Waals surface area contributed by atoms with Gasteiger partial charge in [0.25, 0.3) is 5.91 Å². The number of hydrogen-bond donors (Lipinski definition) is 1. The standard InChI is InChI=1S/C13H21N3O/c1-10(2)6-8-16(4)13(17)12-9-11(14-3)5-7-15-12/h5,7,9-10H,6,8H2,1-4H3,(H,14,15). The second kappa shape index (κ2) is 6.23. The molecule has 0 radical (unpaired) electrons. The predicted octanol–water partition coefficient (Wildman–Crippen LogP) is 2.24. The number of pyridine rings is 1. The van der Waals surface area contributed by atoms with Crippen LogP contribution in [0.2, 0.25) is 0 Å². The lowest BCUT2D eigenvalue weighted by molar-refractivity contribution is 0.0783. The molecule has 0 aliphatic carbocycles. The molecule has 1 N–H and O–H groups in total. The van der Waals surface area contributed by atoms with Crippen molar-refractivity contribution in [2.24, 2.45) is 5.92 Å². The van der Waals surface area contributed by atoms with Crippen molar-refractivity contribution < 1.29 is 4.79 Å². The zero-order valence-electron chi connectivity index (χ0n) is 11.0. The van der Waals surface area contributed by atoms with E-state index in [1.54, 1.807) is 17.2 Å². The third-order valence-corrected chi connectivity index (χ3v) is 2.66. The summed E-state index contributed by atoms with van der Waals surface area (Å²) < 4.78 is 0. The number of carbonyl (C=O) groups excluding carboxylic acids is 1. The Hall–Kier alpha value is -1.58. The molecule has 0 saturated heterocycles. The Morgan fingerprint density at radius 3 is 2.82 bits per heavy atom. The molecule has 1 aromatic heterocycles. The largest absolute Gasteiger partial charge is 0.388 e. The van der Waals surface area contributed by atoms with Crippen molar-refractivity contribution in [2.45, 2.75) is 20.3 Å². The van der Waals surface area contributed by atoms with Crippen LogP contribution >= 0.6 is 0 Å². The summed E-state index contributed by atoms with van der Waals surface area (Å²) in [5, 5.41) is 3.00. The summed E-state index contributed by atoms with van der Waals surface area (Å²) in [6, 6.07) is 3.61. The van der Waals surface area contributed by atoms with Gasteiger partial charge in [0.2, 0.25) is 0 Å². The first-order valence-electron chi connectivity index (χ1n) is 5.94. The van der Waals surface area contributed by atoms with Crippen LogP contribution < -0.4 is 5.32 Å². The van der Waals surface area contributed by atoms with E-state index in [2.05, 4.69) is 24.1 Å². The molecule has 1 aromatic rings. The van der Waals surface area contributed by atoms with Crippen LogP contribution in [0, 0.1) is 5.92 Å². The van der Waals surface area contributed by atoms with Gasteiger partial charge in [-0.1, -0.05) is 13.8 Å². The van der Waals surface area contributed by atoms with E-state index >= 15 is 0 Å². The Labute approximate surface area is 103 Å². The van der Waals surface area contributed by atoms with Gasteiger partial charge < -0.3 is 10.2 Å². The van der Waals surface area contributed by atoms with Crippen molar-refractivity contribution in [3.05, 3.63) is 24.0 Å². The molecule has 94 valence electrons. The SMILES string of the molecule is CNc1ccnc(C(=O)N(C)CCC(C)C)c1. The highest BCUT2D eigenvalue weighted by Crippen LogP contribution is 2.09. The molecule has 0 fully saturated rings. The van der Waals surface area contributed by atoms with Crippen LogP contribution in [-0.2, 0) is 0 Å². The molecule has 1 heterocycles. The van der Waals surface area contributed by atoms with E-state index < -0.39 is 0 Å². The monoisotopic (exact) mass is 235 g/mol. The van der Waals surface area contributed by atoms with E-state index in [9.17, 15) is 4.79 Å². The molecule has 4 heteroatoms. The molecule has 0 spiro atoms. The molecule has 0 saturated carbocycles. The molecule has 17 heavy (non-hydrogen) atoms. The number of hydrogen-bond acceptors (Lipinski definition) is 3. The second-order valence-corrected chi connectivity index (χ2v) is 4.59. The number of nitrogens with one attached hydrogen (secondary N) is 1. The minimum atomic E-state index is -0.0252. The van der Waals surface area contributed by atoms with Gasteiger partial charge in [0.05, 0.1) is 0 Å². The van der Waals surface area contributed by atoms with Crippen molar-refractivity contribution in [2.75, 3.05) is 26.0 Å². The smallest absolute Gasteiger partial charge is 0.272 e. The Morgan fingerprint density at radius 1 is 1.53 bits per heavy atom. The molecule has 0 unspecified atom stereocenters. The van der Waals surface area contributed by atoms with Crippen molar-refractivity contribution >= 4 is 11.6 Å². The third kappa shape index (κ3) is 4.06. The number of anilines is 1. The molecular formula is C13H21N3O. The van der Waals surface area contributed by atoms with Gasteiger partial charge >= 0.3 is 0 Å². The first-order chi connectivity index (χ1) is 8.04. The summed E-state index contributed by atoms with van der Waals surface area (Å²) in [7, 11) is 3.64. The summed E-state index contributed by atoms with van der Waals surface area (Å²) in [6.45, 7) is 5.07. The van der Waals surface area contributed by atoms with E-state index in [1.807, 2.05) is 20.2 Å². The van der Waals surface area contributed by atoms with Gasteiger partial charge in [-0.3, -0.25) is 9.78 Å². The van der Waals surface area contributed by atoms with E-state index in [0.717, 1.165) is 18.7 Å². The van der Waals surface area contributed by atoms with Crippen molar-refractivity contribution in [1.29, 1.82) is 0 Å². The maximum atomic E-state index is 12.1. The molecular weight excluding hydrogens is 214 g/mol. The van der Waals surface area contributed by atoms with E-state index in [-0.39, 0.29) is 5.91 Å². The first-order valence-corrected chi connectivity index (χ1v) is 5.94. The molecule has 0 aromatic carbocycles. The summed E-state index contributed by atoms with van der Waals surface area (Å²) in [5.41, 5.74) is 1.39. The van der Waals surface area contributed by atoms with Crippen molar-refractivity contribution in [3.8, 4) is 0 Å². The lowest BCUT2D eigenvalue weighted by Gasteiger charge is -2.18. The van der Waals surface area contributed by atoms with Crippen LogP contribution in [0.25, 0.3) is 0 Å². The van der Waals surface area contributed by atoms with Crippen LogP contribution in [-0.4, -0.2) is 36.4 Å². The van der Waals surface area contributed by atoms with Crippen LogP contribution in [0.3, 0.4) is 0 Å². The number of amides is 1. The molecule has 4 nitrogen and oxygen atoms in total. The fourth-order valence-electron chi connectivity index (χ4n) is 1.45. The Balaban J connectivity index is 2.67. The second-order valence-electron chi connectivity index (χ2n) is 4.59. The van der Waals surface area contributed by atoms with Crippen LogP contribution in [0.4, 0.5) is 5.69 Å². The molecule has 1 rings (SSSR count). The minimum Gasteiger partial charge on any atom is -0.388 e. The first kappa shape index (κ1) is 13.5. The van der Waals surface area contributed by atoms with Gasteiger partial charge in [0.15, 0.2) is 0 Å². The van der Waals surface area contributed by atoms with Crippen LogP contribution in [0.5, 0.6) is 0 Å². The zero-order valence-corrected chi connectivity index (χ0v) is 11.0. The highest BCUT2D eigenvalue weighted by molar-refractivity contribution is 5.92. The molecule has 0 atom stereocenters. The van der Waals surface area contributed by atoms with E-state index in [0.29, 0.717) is 11.6 Å². The third-order valence-electron chi connectivity index (χ3n) is 2.66. The highest BCUT2D eigenvalue weighted by Gasteiger charge is 2.13. The van der Waals surface area contributed by atoms with Gasteiger partial charge in [-0.25, -0.2) is 0 Å². The van der Waals surface area contributed by atoms with Crippen molar-refractivity contribution in [1.82, 2.24) is 9.88 Å². The number of aromatic nitrogens is 1. The average molecular weight is 235 g/mol. The lowest BCUT2D eigenvalue weighted by atomic mass is 10.1. The maximum Gasteiger partial charge on any atom is 0.272 e. The highest BCUT2D eigenvalue weighted by atomic mass is 16.2. The molecule has 0 bridgehead atoms. The predicted molar refractivity (Wildman–Crippen MR) is 70.2 cm³/mol. The summed E-state index contributed by atoms with van der Waals surface area (Å²) >= 11 is 0. The molecule has 0 aliphatic heterocycles. The Morgan fingerprint density at radius 2 is 2.24 bits per heavy atom. The average Bonchev–Trinajstić information content (AvgIpc) is 2.35. The van der Waals surface area contributed by atoms with Gasteiger partial charge in [0, 0.05) is 32.5 Å². The normalized spacial score (nSPS) is 10.4. The number of nitrogens with zero attached hydrogens (tertiary/aromatic N) is 2. The molecule has 1 amide bonds. The van der Waals surface area contributed by atoms with Crippen LogP contribution in [0.15, 0.2) is 18.3 Å². The Kier molecular flexibility index (Phi) is 4.94. The number of carbonyl (C=O) groups is 1. The fourth-order valence-corrected chi connectivity index (χ4v) is 1.45. The van der Waals surface area contributed by atoms with Gasteiger partial charge in [0.1, 0.15) is 5.69 Å². The summed E-state index contributed by atoms with van der Waals surface area (Å²) in [6.07, 6.45) is 2.66. The van der Waals surface area contributed by atoms with E-state index in [4.69, 9.17) is 0 Å². The van der Waals surface area contributed by atoms with E-state index in [1.165, 1.54) is 0 Å².